The lowest BCUT2D eigenvalue weighted by atomic mass is 9.62. The Morgan fingerprint density at radius 3 is 2.24 bits per heavy atom. The molecule has 5 fully saturated rings. The van der Waals surface area contributed by atoms with E-state index >= 15 is 4.79 Å². The van der Waals surface area contributed by atoms with Crippen molar-refractivity contribution in [3.63, 3.8) is 0 Å². The minimum Gasteiger partial charge on any atom is -0.460 e. The Morgan fingerprint density at radius 2 is 1.59 bits per heavy atom. The van der Waals surface area contributed by atoms with Crippen molar-refractivity contribution in [2.75, 3.05) is 19.8 Å². The summed E-state index contributed by atoms with van der Waals surface area (Å²) in [5.41, 5.74) is -0.315. The van der Waals surface area contributed by atoms with E-state index in [-0.39, 0.29) is 38.8 Å². The standard InChI is InChI=1S/C48H52F3N3O12/c1-45(2,3)63-37(57)23-21-33(27-55)52-42(58)34-19-12-24-53(34)44(60)46-25-35-38-39(65-48(64-38,31-15-6-4-7-16-31)32-17-8-5-9-18-32)41(46)66-54(40(46)43(59)62-35)26-30-14-11-10-13-29(30)20-22-36(56)61-28-47(49,50)51/h4-11,13-18,20,22,33-35,38-41,55H,12,19,21,23-28H2,1-3H3,(H,52,58). The molecular formula is C48H52F3N3O12. The van der Waals surface area contributed by atoms with Crippen LogP contribution in [0.5, 0.6) is 0 Å². The molecule has 0 radical (unpaired) electrons. The number of fused-ring (bicyclic) bond motifs is 4. The second-order valence-electron chi connectivity index (χ2n) is 18.2. The van der Waals surface area contributed by atoms with E-state index in [1.807, 2.05) is 60.7 Å². The summed E-state index contributed by atoms with van der Waals surface area (Å²) >= 11 is 0. The van der Waals surface area contributed by atoms with E-state index in [1.165, 1.54) is 16.0 Å². The molecule has 3 aromatic carbocycles. The van der Waals surface area contributed by atoms with E-state index in [0.29, 0.717) is 28.7 Å². The minimum absolute atomic E-state index is 0.0693. The molecule has 2 N–H and O–H groups in total. The van der Waals surface area contributed by atoms with Crippen molar-refractivity contribution < 1.29 is 70.8 Å². The topological polar surface area (TPSA) is 179 Å². The second kappa shape index (κ2) is 18.6. The molecular weight excluding hydrogens is 868 g/mol. The van der Waals surface area contributed by atoms with Gasteiger partial charge in [0, 0.05) is 36.6 Å². The number of nitrogens with zero attached hydrogens (tertiary/aromatic N) is 2. The summed E-state index contributed by atoms with van der Waals surface area (Å²) in [6.07, 6.45) is -6.09. The number of carbonyl (C=O) groups excluding carboxylic acids is 5. The number of ether oxygens (including phenoxy) is 5. The fourth-order valence-corrected chi connectivity index (χ4v) is 9.78. The van der Waals surface area contributed by atoms with Gasteiger partial charge in [-0.1, -0.05) is 84.9 Å². The second-order valence-corrected chi connectivity index (χ2v) is 18.2. The number of benzene rings is 3. The Bertz CT molecular complexity index is 2290. The number of halogens is 3. The zero-order valence-corrected chi connectivity index (χ0v) is 36.6. The molecule has 2 amide bonds. The largest absolute Gasteiger partial charge is 0.460 e. The number of rotatable bonds is 14. The first kappa shape index (κ1) is 46.9. The molecule has 352 valence electrons. The number of amides is 2. The molecule has 5 aliphatic rings. The van der Waals surface area contributed by atoms with Crippen LogP contribution in [0.15, 0.2) is 91.0 Å². The van der Waals surface area contributed by atoms with Crippen molar-refractivity contribution >= 4 is 35.8 Å². The van der Waals surface area contributed by atoms with Crippen LogP contribution in [-0.4, -0.2) is 119 Å². The van der Waals surface area contributed by atoms with Crippen molar-refractivity contribution in [3.8, 4) is 0 Å². The fourth-order valence-electron chi connectivity index (χ4n) is 9.78. The highest BCUT2D eigenvalue weighted by atomic mass is 19.4. The number of hydrogen-bond donors (Lipinski definition) is 2. The van der Waals surface area contributed by atoms with Crippen LogP contribution in [0, 0.1) is 5.41 Å². The predicted octanol–water partition coefficient (Wildman–Crippen LogP) is 4.88. The molecule has 15 nitrogen and oxygen atoms in total. The normalized spacial score (nSPS) is 27.3. The zero-order valence-electron chi connectivity index (χ0n) is 36.6. The summed E-state index contributed by atoms with van der Waals surface area (Å²) in [6, 6.07) is 21.8. The van der Waals surface area contributed by atoms with Crippen molar-refractivity contribution in [2.45, 2.75) is 120 Å². The van der Waals surface area contributed by atoms with Gasteiger partial charge in [0.2, 0.25) is 17.6 Å². The van der Waals surface area contributed by atoms with Gasteiger partial charge in [-0.2, -0.15) is 18.2 Å². The van der Waals surface area contributed by atoms with Crippen LogP contribution in [0.4, 0.5) is 13.2 Å². The Morgan fingerprint density at radius 1 is 0.939 bits per heavy atom. The fraction of sp³-hybridized carbons (Fsp3) is 0.479. The molecule has 66 heavy (non-hydrogen) atoms. The first-order chi connectivity index (χ1) is 31.4. The van der Waals surface area contributed by atoms with Crippen LogP contribution < -0.4 is 5.32 Å². The highest BCUT2D eigenvalue weighted by Gasteiger charge is 2.77. The molecule has 2 bridgehead atoms. The number of aliphatic hydroxyl groups is 1. The SMILES string of the molecule is CC(C)(C)OC(=O)CCC(CO)NC(=O)C1CCCN1C(=O)C12CC3OC(=O)C1N(Cc1ccccc1C=CC(=O)OCC(F)(F)F)OC2C1OC(c2ccccc2)(c2ccccc2)OC31. The summed E-state index contributed by atoms with van der Waals surface area (Å²) in [5.74, 6) is -5.13. The number of aliphatic hydroxyl groups excluding tert-OH is 1. The molecule has 18 heteroatoms. The number of hydrogen-bond acceptors (Lipinski definition) is 13. The van der Waals surface area contributed by atoms with Gasteiger partial charge in [0.25, 0.3) is 0 Å². The number of likely N-dealkylation sites (tertiary alicyclic amines) is 1. The quantitative estimate of drug-likeness (QED) is 0.127. The van der Waals surface area contributed by atoms with E-state index in [2.05, 4.69) is 10.1 Å². The van der Waals surface area contributed by atoms with Gasteiger partial charge in [-0.25, -0.2) is 4.79 Å². The van der Waals surface area contributed by atoms with Crippen LogP contribution in [-0.2, 0) is 64.8 Å². The molecule has 8 rings (SSSR count). The molecule has 8 atom stereocenters. The average Bonchev–Trinajstić information content (AvgIpc) is 4.03. The number of esters is 3. The number of carbonyl (C=O) groups is 5. The summed E-state index contributed by atoms with van der Waals surface area (Å²) < 4.78 is 68.3. The molecule has 1 aliphatic carbocycles. The number of hydroxylamine groups is 2. The Hall–Kier alpha value is -5.66. The van der Waals surface area contributed by atoms with Crippen molar-refractivity contribution in [1.29, 1.82) is 0 Å². The molecule has 3 aromatic rings. The maximum Gasteiger partial charge on any atom is 0.422 e. The Labute approximate surface area is 379 Å². The number of alkyl halides is 3. The summed E-state index contributed by atoms with van der Waals surface area (Å²) in [7, 11) is 0. The summed E-state index contributed by atoms with van der Waals surface area (Å²) in [4.78, 5) is 77.5. The maximum absolute atomic E-state index is 15.7. The average molecular weight is 920 g/mol. The van der Waals surface area contributed by atoms with Gasteiger partial charge in [-0.05, 0) is 57.2 Å². The van der Waals surface area contributed by atoms with Crippen molar-refractivity contribution in [2.24, 2.45) is 5.41 Å². The van der Waals surface area contributed by atoms with Gasteiger partial charge in [0.1, 0.15) is 41.5 Å². The van der Waals surface area contributed by atoms with Crippen LogP contribution in [0.3, 0.4) is 0 Å². The van der Waals surface area contributed by atoms with Crippen LogP contribution in [0.2, 0.25) is 0 Å². The van der Waals surface area contributed by atoms with Gasteiger partial charge < -0.3 is 39.0 Å². The highest BCUT2D eigenvalue weighted by Crippen LogP contribution is 2.60. The molecule has 4 saturated heterocycles. The third kappa shape index (κ3) is 9.34. The van der Waals surface area contributed by atoms with Gasteiger partial charge in [0.15, 0.2) is 12.6 Å². The monoisotopic (exact) mass is 919 g/mol. The molecule has 0 aromatic heterocycles. The lowest BCUT2D eigenvalue weighted by Gasteiger charge is -2.50. The highest BCUT2D eigenvalue weighted by molar-refractivity contribution is 5.97. The predicted molar refractivity (Wildman–Crippen MR) is 226 cm³/mol. The van der Waals surface area contributed by atoms with Crippen LogP contribution in [0.25, 0.3) is 6.08 Å². The molecule has 4 heterocycles. The lowest BCUT2D eigenvalue weighted by molar-refractivity contribution is -0.214. The van der Waals surface area contributed by atoms with E-state index < -0.39 is 108 Å². The van der Waals surface area contributed by atoms with Gasteiger partial charge >= 0.3 is 24.1 Å². The molecule has 8 unspecified atom stereocenters. The Balaban J connectivity index is 1.14. The molecule has 4 aliphatic heterocycles. The smallest absolute Gasteiger partial charge is 0.422 e. The lowest BCUT2D eigenvalue weighted by Crippen LogP contribution is -2.70. The summed E-state index contributed by atoms with van der Waals surface area (Å²) in [6.45, 7) is 2.95. The number of nitrogens with one attached hydrogen (secondary N) is 1. The van der Waals surface area contributed by atoms with Crippen molar-refractivity contribution in [3.05, 3.63) is 113 Å². The van der Waals surface area contributed by atoms with Gasteiger partial charge in [-0.15, -0.1) is 0 Å². The third-order valence-electron chi connectivity index (χ3n) is 12.5. The van der Waals surface area contributed by atoms with E-state index in [4.69, 9.17) is 23.8 Å². The van der Waals surface area contributed by atoms with Gasteiger partial charge in [-0.3, -0.25) is 24.0 Å². The van der Waals surface area contributed by atoms with E-state index in [1.54, 1.807) is 45.0 Å². The maximum atomic E-state index is 15.7. The third-order valence-corrected chi connectivity index (χ3v) is 12.5. The van der Waals surface area contributed by atoms with E-state index in [0.717, 1.165) is 6.08 Å². The van der Waals surface area contributed by atoms with Crippen LogP contribution >= 0.6 is 0 Å². The van der Waals surface area contributed by atoms with Crippen LogP contribution in [0.1, 0.15) is 75.1 Å². The zero-order chi connectivity index (χ0) is 47.0. The van der Waals surface area contributed by atoms with E-state index in [9.17, 15) is 37.5 Å². The minimum atomic E-state index is -4.72. The first-order valence-electron chi connectivity index (χ1n) is 22.0. The molecule has 1 saturated carbocycles. The first-order valence-corrected chi connectivity index (χ1v) is 22.0. The van der Waals surface area contributed by atoms with Crippen molar-refractivity contribution in [1.82, 2.24) is 15.3 Å². The molecule has 0 spiro atoms. The van der Waals surface area contributed by atoms with Gasteiger partial charge in [0.05, 0.1) is 19.2 Å². The summed E-state index contributed by atoms with van der Waals surface area (Å²) in [5, 5.41) is 14.4. The Kier molecular flexibility index (Phi) is 13.2.